The van der Waals surface area contributed by atoms with E-state index in [1.165, 1.54) is 0 Å². The van der Waals surface area contributed by atoms with Crippen molar-refractivity contribution in [3.8, 4) is 5.69 Å². The van der Waals surface area contributed by atoms with E-state index in [2.05, 4.69) is 11.2 Å². The van der Waals surface area contributed by atoms with Gasteiger partial charge in [-0.3, -0.25) is 4.68 Å². The summed E-state index contributed by atoms with van der Waals surface area (Å²) in [5.74, 6) is 0. The first kappa shape index (κ1) is 12.5. The van der Waals surface area contributed by atoms with E-state index in [1.54, 1.807) is 10.9 Å². The average molecular weight is 203 g/mol. The smallest absolute Gasteiger partial charge is 1.00 e. The molecule has 1 heterocycles. The van der Waals surface area contributed by atoms with Crippen LogP contribution in [0.25, 0.3) is 5.69 Å². The van der Waals surface area contributed by atoms with Crippen molar-refractivity contribution in [2.24, 2.45) is 0 Å². The summed E-state index contributed by atoms with van der Waals surface area (Å²) in [6.07, 6.45) is 3.65. The number of rotatable bonds is 1. The Morgan fingerprint density at radius 2 is 2.08 bits per heavy atom. The quantitative estimate of drug-likeness (QED) is 0.398. The van der Waals surface area contributed by atoms with Crippen LogP contribution < -0.4 is 12.4 Å². The molecule has 62 valence electrons. The van der Waals surface area contributed by atoms with E-state index in [0.29, 0.717) is 0 Å². The molecule has 13 heavy (non-hydrogen) atoms. The van der Waals surface area contributed by atoms with Gasteiger partial charge < -0.3 is 12.4 Å². The van der Waals surface area contributed by atoms with Crippen LogP contribution in [0.5, 0.6) is 0 Å². The summed E-state index contributed by atoms with van der Waals surface area (Å²) in [5, 5.41) is 4.07. The standard InChI is InChI=1S/C9H7N2.ClH.Mg/c1-2-5-9(6-3-1)11-8-4-7-10-11;;/h1-5,7-8H;1H;/q-1;;+2/p-1. The zero-order chi connectivity index (χ0) is 7.52. The summed E-state index contributed by atoms with van der Waals surface area (Å²) in [6, 6.07) is 12.7. The van der Waals surface area contributed by atoms with Crippen LogP contribution in [0.15, 0.2) is 42.7 Å². The van der Waals surface area contributed by atoms with Crippen molar-refractivity contribution in [3.63, 3.8) is 0 Å². The maximum atomic E-state index is 4.07. The molecule has 0 bridgehead atoms. The molecule has 0 unspecified atom stereocenters. The molecular weight excluding hydrogens is 196 g/mol. The van der Waals surface area contributed by atoms with Crippen LogP contribution in [0.1, 0.15) is 0 Å². The monoisotopic (exact) mass is 202 g/mol. The second-order valence-electron chi connectivity index (χ2n) is 2.20. The van der Waals surface area contributed by atoms with Crippen molar-refractivity contribution in [2.45, 2.75) is 0 Å². The predicted molar refractivity (Wildman–Crippen MR) is 48.2 cm³/mol. The van der Waals surface area contributed by atoms with E-state index in [0.717, 1.165) is 5.69 Å². The van der Waals surface area contributed by atoms with Crippen LogP contribution in [0.2, 0.25) is 0 Å². The van der Waals surface area contributed by atoms with Crippen LogP contribution in [-0.2, 0) is 0 Å². The fraction of sp³-hybridized carbons (Fsp3) is 0. The first-order valence-electron chi connectivity index (χ1n) is 3.43. The Bertz CT molecular complexity index is 321. The summed E-state index contributed by atoms with van der Waals surface area (Å²) >= 11 is 0. The number of benzene rings is 1. The third kappa shape index (κ3) is 3.02. The molecule has 0 aliphatic rings. The van der Waals surface area contributed by atoms with Crippen molar-refractivity contribution in [1.29, 1.82) is 0 Å². The average Bonchev–Trinajstić information content (AvgIpc) is 2.58. The van der Waals surface area contributed by atoms with Gasteiger partial charge >= 0.3 is 23.1 Å². The molecule has 0 N–H and O–H groups in total. The number of hydrogen-bond donors (Lipinski definition) is 0. The van der Waals surface area contributed by atoms with E-state index in [9.17, 15) is 0 Å². The van der Waals surface area contributed by atoms with Crippen LogP contribution in [0.3, 0.4) is 0 Å². The number of nitrogens with zero attached hydrogens (tertiary/aromatic N) is 2. The summed E-state index contributed by atoms with van der Waals surface area (Å²) in [4.78, 5) is 0. The molecule has 2 rings (SSSR count). The Hall–Kier alpha value is -0.514. The SMILES string of the molecule is [Cl-].[Mg+2].[c-]1ccccc1-n1cccn1. The molecule has 0 radical (unpaired) electrons. The largest absolute Gasteiger partial charge is 2.00 e. The molecule has 0 atom stereocenters. The van der Waals surface area contributed by atoms with E-state index in [1.807, 2.05) is 36.5 Å². The second kappa shape index (κ2) is 6.02. The zero-order valence-electron chi connectivity index (χ0n) is 7.02. The van der Waals surface area contributed by atoms with E-state index < -0.39 is 0 Å². The Kier molecular flexibility index (Phi) is 5.78. The number of halogens is 1. The van der Waals surface area contributed by atoms with Gasteiger partial charge in [-0.05, 0) is 11.8 Å². The van der Waals surface area contributed by atoms with Crippen molar-refractivity contribution in [1.82, 2.24) is 9.78 Å². The fourth-order valence-electron chi connectivity index (χ4n) is 0.938. The van der Waals surface area contributed by atoms with Crippen LogP contribution in [0.4, 0.5) is 0 Å². The van der Waals surface area contributed by atoms with Crippen molar-refractivity contribution in [2.75, 3.05) is 0 Å². The van der Waals surface area contributed by atoms with Gasteiger partial charge in [-0.2, -0.15) is 29.4 Å². The molecule has 0 saturated carbocycles. The van der Waals surface area contributed by atoms with Gasteiger partial charge in [0.05, 0.1) is 0 Å². The van der Waals surface area contributed by atoms with E-state index in [4.69, 9.17) is 0 Å². The second-order valence-corrected chi connectivity index (χ2v) is 2.20. The van der Waals surface area contributed by atoms with Gasteiger partial charge in [-0.1, -0.05) is 0 Å². The third-order valence-corrected chi connectivity index (χ3v) is 1.44. The minimum Gasteiger partial charge on any atom is -1.00 e. The molecule has 4 heteroatoms. The fourth-order valence-corrected chi connectivity index (χ4v) is 0.938. The maximum Gasteiger partial charge on any atom is 2.00 e. The van der Waals surface area contributed by atoms with E-state index >= 15 is 0 Å². The Morgan fingerprint density at radius 3 is 2.62 bits per heavy atom. The molecule has 1 aromatic carbocycles. The Balaban J connectivity index is 0.000000720. The molecule has 0 spiro atoms. The zero-order valence-corrected chi connectivity index (χ0v) is 9.19. The Morgan fingerprint density at radius 1 is 1.23 bits per heavy atom. The van der Waals surface area contributed by atoms with Gasteiger partial charge in [0.15, 0.2) is 0 Å². The summed E-state index contributed by atoms with van der Waals surface area (Å²) in [6.45, 7) is 0. The summed E-state index contributed by atoms with van der Waals surface area (Å²) < 4.78 is 1.78. The Labute approximate surface area is 99.5 Å². The minimum absolute atomic E-state index is 0. The normalized spacial score (nSPS) is 8.31. The molecular formula is C9H7ClMgN2. The molecule has 0 aliphatic heterocycles. The van der Waals surface area contributed by atoms with Gasteiger partial charge in [-0.15, -0.1) is 6.07 Å². The summed E-state index contributed by atoms with van der Waals surface area (Å²) in [7, 11) is 0. The van der Waals surface area contributed by atoms with Gasteiger partial charge in [0.2, 0.25) is 0 Å². The molecule has 2 nitrogen and oxygen atoms in total. The van der Waals surface area contributed by atoms with E-state index in [-0.39, 0.29) is 35.5 Å². The minimum atomic E-state index is 0. The number of hydrogen-bond acceptors (Lipinski definition) is 1. The molecule has 0 aliphatic carbocycles. The van der Waals surface area contributed by atoms with Crippen molar-refractivity contribution >= 4 is 23.1 Å². The molecule has 0 amide bonds. The third-order valence-electron chi connectivity index (χ3n) is 1.44. The van der Waals surface area contributed by atoms with Crippen molar-refractivity contribution in [3.05, 3.63) is 48.8 Å². The molecule has 0 fully saturated rings. The predicted octanol–water partition coefficient (Wildman–Crippen LogP) is -1.70. The van der Waals surface area contributed by atoms with Gasteiger partial charge in [-0.25, -0.2) is 0 Å². The topological polar surface area (TPSA) is 17.8 Å². The van der Waals surface area contributed by atoms with Crippen LogP contribution in [-0.4, -0.2) is 32.8 Å². The first-order valence-corrected chi connectivity index (χ1v) is 3.43. The molecule has 0 saturated heterocycles. The van der Waals surface area contributed by atoms with Gasteiger partial charge in [0.25, 0.3) is 0 Å². The number of para-hydroxylation sites is 1. The van der Waals surface area contributed by atoms with Crippen LogP contribution >= 0.6 is 0 Å². The summed E-state index contributed by atoms with van der Waals surface area (Å²) in [5.41, 5.74) is 0.970. The van der Waals surface area contributed by atoms with Crippen LogP contribution in [0, 0.1) is 6.07 Å². The number of aromatic nitrogens is 2. The van der Waals surface area contributed by atoms with Gasteiger partial charge in [0.1, 0.15) is 0 Å². The first-order chi connectivity index (χ1) is 5.47. The molecule has 1 aromatic heterocycles. The molecule has 2 aromatic rings. The maximum absolute atomic E-state index is 4.07. The van der Waals surface area contributed by atoms with Crippen molar-refractivity contribution < 1.29 is 12.4 Å². The van der Waals surface area contributed by atoms with Gasteiger partial charge in [0, 0.05) is 12.4 Å².